The molecule has 7 N–H and O–H groups in total. The number of thioether (sulfide) groups is 1. The number of aryl methyl sites for hydroxylation is 1. The molecule has 2 aromatic heterocycles. The zero-order valence-corrected chi connectivity index (χ0v) is 18.4. The number of nitrogen functional groups attached to an aromatic ring is 1. The standard InChI is InChI=1S/C17H24FN9OS2/c1-22-15(4-12-16(18)30-17(20)25-12)29-14-8-26(2)13(9-28)11(14)6-24-27(3)7-10(19)5-23-21/h5-6,8-9,23H,4,7,19,21H2,1-3H3,(H2,20,25)/b10-5-,22-15?,24-6-. The molecule has 0 fully saturated rings. The molecule has 0 saturated heterocycles. The van der Waals surface area contributed by atoms with Crippen molar-refractivity contribution in [1.29, 1.82) is 0 Å². The first-order chi connectivity index (χ1) is 14.3. The monoisotopic (exact) mass is 453 g/mol. The molecule has 162 valence electrons. The second-order valence-electron chi connectivity index (χ2n) is 6.14. The quantitative estimate of drug-likeness (QED) is 0.109. The molecule has 0 aliphatic heterocycles. The van der Waals surface area contributed by atoms with Gasteiger partial charge in [-0.05, 0) is 0 Å². The number of aliphatic imine (C=N–C) groups is 1. The van der Waals surface area contributed by atoms with E-state index in [0.29, 0.717) is 28.5 Å². The number of hydrazone groups is 1. The third kappa shape index (κ3) is 6.05. The first kappa shape index (κ1) is 23.4. The zero-order valence-electron chi connectivity index (χ0n) is 16.8. The van der Waals surface area contributed by atoms with Gasteiger partial charge in [0.1, 0.15) is 0 Å². The summed E-state index contributed by atoms with van der Waals surface area (Å²) in [6, 6.07) is 0. The van der Waals surface area contributed by atoms with Gasteiger partial charge in [0.2, 0.25) is 5.13 Å². The number of aldehydes is 1. The largest absolute Gasteiger partial charge is 0.399 e. The van der Waals surface area contributed by atoms with Crippen molar-refractivity contribution in [1.82, 2.24) is 20.0 Å². The fourth-order valence-electron chi connectivity index (χ4n) is 2.49. The molecular formula is C17H24FN9OS2. The Bertz CT molecular complexity index is 980. The van der Waals surface area contributed by atoms with Crippen molar-refractivity contribution in [2.75, 3.05) is 26.4 Å². The van der Waals surface area contributed by atoms with E-state index in [1.165, 1.54) is 18.0 Å². The first-order valence-electron chi connectivity index (χ1n) is 8.63. The van der Waals surface area contributed by atoms with Gasteiger partial charge in [-0.1, -0.05) is 23.1 Å². The number of nitrogens with one attached hydrogen (secondary N) is 1. The van der Waals surface area contributed by atoms with Crippen LogP contribution in [0.3, 0.4) is 0 Å². The number of hydrogen-bond donors (Lipinski definition) is 4. The normalized spacial score (nSPS) is 12.6. The van der Waals surface area contributed by atoms with Crippen molar-refractivity contribution in [2.45, 2.75) is 11.3 Å². The molecule has 0 atom stereocenters. The molecule has 0 unspecified atom stereocenters. The average molecular weight is 454 g/mol. The van der Waals surface area contributed by atoms with E-state index in [1.54, 1.807) is 43.1 Å². The van der Waals surface area contributed by atoms with Gasteiger partial charge >= 0.3 is 0 Å². The summed E-state index contributed by atoms with van der Waals surface area (Å²) in [7, 11) is 5.10. The van der Waals surface area contributed by atoms with Gasteiger partial charge in [-0.2, -0.15) is 9.49 Å². The SMILES string of the molecule is CN=C(Cc1nc(N)sc1F)Sc1cn(C)c(C=O)c1/C=N\N(C)C/C(N)=C/NN. The number of carbonyl (C=O) groups excluding carboxylic acids is 1. The van der Waals surface area contributed by atoms with Crippen LogP contribution in [0, 0.1) is 5.13 Å². The average Bonchev–Trinajstić information content (AvgIpc) is 3.16. The molecular weight excluding hydrogens is 429 g/mol. The predicted octanol–water partition coefficient (Wildman–Crippen LogP) is 0.908. The summed E-state index contributed by atoms with van der Waals surface area (Å²) in [6.45, 7) is 0.332. The third-order valence-electron chi connectivity index (χ3n) is 3.87. The molecule has 0 saturated carbocycles. The lowest BCUT2D eigenvalue weighted by molar-refractivity contribution is 0.111. The van der Waals surface area contributed by atoms with Gasteiger partial charge in [0.15, 0.2) is 11.4 Å². The lowest BCUT2D eigenvalue weighted by Crippen LogP contribution is -2.23. The summed E-state index contributed by atoms with van der Waals surface area (Å²) >= 11 is 2.10. The fraction of sp³-hybridized carbons (Fsp3) is 0.294. The van der Waals surface area contributed by atoms with Crippen LogP contribution in [0.2, 0.25) is 0 Å². The molecule has 2 rings (SSSR count). The van der Waals surface area contributed by atoms with E-state index in [4.69, 9.17) is 17.3 Å². The lowest BCUT2D eigenvalue weighted by Gasteiger charge is -2.13. The third-order valence-corrected chi connectivity index (χ3v) is 5.69. The van der Waals surface area contributed by atoms with Crippen molar-refractivity contribution in [3.63, 3.8) is 0 Å². The molecule has 2 heterocycles. The maximum Gasteiger partial charge on any atom is 0.201 e. The van der Waals surface area contributed by atoms with Gasteiger partial charge in [0.05, 0.1) is 29.2 Å². The van der Waals surface area contributed by atoms with Gasteiger partial charge in [0.25, 0.3) is 0 Å². The Labute approximate surface area is 181 Å². The van der Waals surface area contributed by atoms with Crippen LogP contribution in [0.15, 0.2) is 33.1 Å². The number of nitrogens with zero attached hydrogens (tertiary/aromatic N) is 5. The Morgan fingerprint density at radius 3 is 2.83 bits per heavy atom. The van der Waals surface area contributed by atoms with Crippen molar-refractivity contribution in [3.05, 3.63) is 40.2 Å². The van der Waals surface area contributed by atoms with Crippen LogP contribution in [0.1, 0.15) is 21.7 Å². The number of thiazole rings is 1. The van der Waals surface area contributed by atoms with Crippen molar-refractivity contribution < 1.29 is 9.18 Å². The summed E-state index contributed by atoms with van der Waals surface area (Å²) in [5.74, 6) is 5.20. The first-order valence-corrected chi connectivity index (χ1v) is 10.3. The molecule has 0 bridgehead atoms. The van der Waals surface area contributed by atoms with Gasteiger partial charge in [0, 0.05) is 56.1 Å². The molecule has 0 aliphatic rings. The van der Waals surface area contributed by atoms with Gasteiger partial charge in [-0.3, -0.25) is 20.6 Å². The van der Waals surface area contributed by atoms with E-state index in [9.17, 15) is 9.18 Å². The number of halogens is 1. The summed E-state index contributed by atoms with van der Waals surface area (Å²) in [5, 5.41) is 6.29. The predicted molar refractivity (Wildman–Crippen MR) is 120 cm³/mol. The number of aromatic nitrogens is 2. The molecule has 2 aromatic rings. The van der Waals surface area contributed by atoms with Crippen LogP contribution in [-0.4, -0.2) is 52.7 Å². The highest BCUT2D eigenvalue weighted by atomic mass is 32.2. The maximum atomic E-state index is 13.9. The van der Waals surface area contributed by atoms with Crippen LogP contribution < -0.4 is 22.7 Å². The highest BCUT2D eigenvalue weighted by Gasteiger charge is 2.18. The van der Waals surface area contributed by atoms with Crippen LogP contribution >= 0.6 is 23.1 Å². The van der Waals surface area contributed by atoms with Crippen molar-refractivity contribution in [2.24, 2.45) is 28.7 Å². The molecule has 13 heteroatoms. The lowest BCUT2D eigenvalue weighted by atomic mass is 10.3. The molecule has 30 heavy (non-hydrogen) atoms. The minimum Gasteiger partial charge on any atom is -0.399 e. The summed E-state index contributed by atoms with van der Waals surface area (Å²) < 4.78 is 15.6. The summed E-state index contributed by atoms with van der Waals surface area (Å²) in [5.41, 5.74) is 15.5. The van der Waals surface area contributed by atoms with E-state index >= 15 is 0 Å². The number of hydrazine groups is 1. The minimum atomic E-state index is -0.433. The Balaban J connectivity index is 2.25. The van der Waals surface area contributed by atoms with Crippen LogP contribution in [0.5, 0.6) is 0 Å². The van der Waals surface area contributed by atoms with Crippen LogP contribution in [0.4, 0.5) is 9.52 Å². The molecule has 0 amide bonds. The van der Waals surface area contributed by atoms with E-state index in [1.807, 2.05) is 0 Å². The summed E-state index contributed by atoms with van der Waals surface area (Å²) in [4.78, 5) is 20.6. The van der Waals surface area contributed by atoms with E-state index in [2.05, 4.69) is 20.5 Å². The highest BCUT2D eigenvalue weighted by Crippen LogP contribution is 2.29. The fourth-order valence-corrected chi connectivity index (χ4v) is 4.10. The molecule has 0 aromatic carbocycles. The molecule has 0 radical (unpaired) electrons. The van der Waals surface area contributed by atoms with Crippen LogP contribution in [-0.2, 0) is 13.5 Å². The smallest absolute Gasteiger partial charge is 0.201 e. The number of anilines is 1. The van der Waals surface area contributed by atoms with E-state index in [0.717, 1.165) is 22.5 Å². The molecule has 10 nitrogen and oxygen atoms in total. The van der Waals surface area contributed by atoms with Crippen molar-refractivity contribution in [3.8, 4) is 0 Å². The van der Waals surface area contributed by atoms with Gasteiger partial charge in [-0.15, -0.1) is 0 Å². The van der Waals surface area contributed by atoms with Gasteiger partial charge < -0.3 is 21.5 Å². The Morgan fingerprint density at radius 2 is 2.27 bits per heavy atom. The highest BCUT2D eigenvalue weighted by molar-refractivity contribution is 8.14. The Hall–Kier alpha value is -2.90. The second kappa shape index (κ2) is 10.8. The summed E-state index contributed by atoms with van der Waals surface area (Å²) in [6.07, 6.45) is 5.77. The zero-order chi connectivity index (χ0) is 22.3. The maximum absolute atomic E-state index is 13.9. The number of rotatable bonds is 9. The topological polar surface area (TPSA) is 153 Å². The van der Waals surface area contributed by atoms with Crippen LogP contribution in [0.25, 0.3) is 0 Å². The Morgan fingerprint density at radius 1 is 1.53 bits per heavy atom. The Kier molecular flexibility index (Phi) is 8.38. The minimum absolute atomic E-state index is 0.167. The van der Waals surface area contributed by atoms with Crippen molar-refractivity contribution >= 4 is 45.8 Å². The van der Waals surface area contributed by atoms with Gasteiger partial charge in [-0.25, -0.2) is 4.98 Å². The second-order valence-corrected chi connectivity index (χ2v) is 8.23. The number of hydrogen-bond acceptors (Lipinski definition) is 11. The molecule has 0 aliphatic carbocycles. The number of likely N-dealkylation sites (N-methyl/N-ethyl adjacent to an activating group) is 1. The number of nitrogens with two attached hydrogens (primary N) is 3. The van der Waals surface area contributed by atoms with E-state index < -0.39 is 5.13 Å². The van der Waals surface area contributed by atoms with E-state index in [-0.39, 0.29) is 17.2 Å². The number of carbonyl (C=O) groups is 1. The molecule has 0 spiro atoms.